The molecular weight excluding hydrogens is 208 g/mol. The topological polar surface area (TPSA) is 80.9 Å². The van der Waals surface area contributed by atoms with E-state index in [1.54, 1.807) is 32.3 Å². The van der Waals surface area contributed by atoms with Crippen LogP contribution in [0.25, 0.3) is 0 Å². The third-order valence-corrected chi connectivity index (χ3v) is 2.05. The molecule has 0 aliphatic rings. The summed E-state index contributed by atoms with van der Waals surface area (Å²) in [5.74, 6) is 0.417. The second-order valence-electron chi connectivity index (χ2n) is 3.23. The number of aryl methyl sites for hydroxylation is 2. The molecule has 2 heterocycles. The van der Waals surface area contributed by atoms with E-state index in [2.05, 4.69) is 20.4 Å². The second kappa shape index (κ2) is 4.09. The zero-order valence-corrected chi connectivity index (χ0v) is 8.89. The minimum atomic E-state index is -0.317. The summed E-state index contributed by atoms with van der Waals surface area (Å²) in [5.41, 5.74) is 0.971. The van der Waals surface area contributed by atoms with Crippen LogP contribution in [0.4, 0.5) is 5.95 Å². The Bertz CT molecular complexity index is 487. The Morgan fingerprint density at radius 1 is 1.31 bits per heavy atom. The molecule has 0 spiro atoms. The molecule has 0 saturated carbocycles. The van der Waals surface area contributed by atoms with Crippen molar-refractivity contribution in [1.29, 1.82) is 0 Å². The van der Waals surface area contributed by atoms with Crippen molar-refractivity contribution in [1.82, 2.24) is 15.1 Å². The van der Waals surface area contributed by atoms with E-state index in [1.165, 1.54) is 0 Å². The lowest BCUT2D eigenvalue weighted by Gasteiger charge is -2.01. The van der Waals surface area contributed by atoms with Crippen molar-refractivity contribution in [3.63, 3.8) is 0 Å². The average molecular weight is 218 g/mol. The van der Waals surface area contributed by atoms with E-state index >= 15 is 0 Å². The first-order valence-electron chi connectivity index (χ1n) is 4.69. The van der Waals surface area contributed by atoms with Gasteiger partial charge in [0.25, 0.3) is 5.91 Å². The number of rotatable bonds is 2. The largest absolute Gasteiger partial charge is 0.361 e. The normalized spacial score (nSPS) is 10.1. The first-order chi connectivity index (χ1) is 7.68. The number of nitrogens with one attached hydrogen (secondary N) is 1. The van der Waals surface area contributed by atoms with Crippen molar-refractivity contribution in [3.05, 3.63) is 35.5 Å². The minimum Gasteiger partial charge on any atom is -0.361 e. The van der Waals surface area contributed by atoms with Gasteiger partial charge in [-0.2, -0.15) is 0 Å². The van der Waals surface area contributed by atoms with Crippen molar-refractivity contribution < 1.29 is 9.32 Å². The standard InChI is InChI=1S/C10H10N4O2/c1-6-8(7(2)16-14-6)9(15)13-10-11-4-3-5-12-10/h3-5H,1-2H3,(H,11,12,13,15). The molecule has 0 aliphatic carbocycles. The van der Waals surface area contributed by atoms with Crippen molar-refractivity contribution in [2.45, 2.75) is 13.8 Å². The highest BCUT2D eigenvalue weighted by Gasteiger charge is 2.17. The van der Waals surface area contributed by atoms with Gasteiger partial charge in [0.2, 0.25) is 5.95 Å². The van der Waals surface area contributed by atoms with Gasteiger partial charge in [-0.15, -0.1) is 0 Å². The van der Waals surface area contributed by atoms with Crippen LogP contribution in [0.3, 0.4) is 0 Å². The Balaban J connectivity index is 2.22. The number of amides is 1. The maximum Gasteiger partial charge on any atom is 0.263 e. The Hall–Kier alpha value is -2.24. The predicted octanol–water partition coefficient (Wildman–Crippen LogP) is 1.33. The molecular formula is C10H10N4O2. The van der Waals surface area contributed by atoms with Gasteiger partial charge in [0, 0.05) is 12.4 Å². The summed E-state index contributed by atoms with van der Waals surface area (Å²) in [6, 6.07) is 1.67. The summed E-state index contributed by atoms with van der Waals surface area (Å²) >= 11 is 0. The number of hydrogen-bond donors (Lipinski definition) is 1. The first kappa shape index (κ1) is 10.3. The van der Waals surface area contributed by atoms with Crippen LogP contribution in [0.5, 0.6) is 0 Å². The first-order valence-corrected chi connectivity index (χ1v) is 4.69. The molecule has 0 radical (unpaired) electrons. The number of hydrogen-bond acceptors (Lipinski definition) is 5. The van der Waals surface area contributed by atoms with Crippen LogP contribution in [0.1, 0.15) is 21.8 Å². The van der Waals surface area contributed by atoms with Crippen molar-refractivity contribution in [2.75, 3.05) is 5.32 Å². The van der Waals surface area contributed by atoms with Crippen LogP contribution in [-0.2, 0) is 0 Å². The summed E-state index contributed by atoms with van der Waals surface area (Å²) < 4.78 is 4.90. The average Bonchev–Trinajstić information content (AvgIpc) is 2.60. The summed E-state index contributed by atoms with van der Waals surface area (Å²) in [6.45, 7) is 3.39. The van der Waals surface area contributed by atoms with Gasteiger partial charge in [0.1, 0.15) is 11.3 Å². The van der Waals surface area contributed by atoms with Crippen LogP contribution in [0.15, 0.2) is 23.0 Å². The minimum absolute atomic E-state index is 0.257. The van der Waals surface area contributed by atoms with E-state index < -0.39 is 0 Å². The van der Waals surface area contributed by atoms with Crippen LogP contribution >= 0.6 is 0 Å². The molecule has 0 fully saturated rings. The molecule has 0 aromatic carbocycles. The second-order valence-corrected chi connectivity index (χ2v) is 3.23. The fraction of sp³-hybridized carbons (Fsp3) is 0.200. The molecule has 0 atom stereocenters. The predicted molar refractivity (Wildman–Crippen MR) is 56.0 cm³/mol. The molecule has 0 unspecified atom stereocenters. The number of aromatic nitrogens is 3. The molecule has 6 nitrogen and oxygen atoms in total. The Kier molecular flexibility index (Phi) is 2.63. The van der Waals surface area contributed by atoms with Crippen LogP contribution in [-0.4, -0.2) is 21.0 Å². The Morgan fingerprint density at radius 2 is 2.00 bits per heavy atom. The summed E-state index contributed by atoms with van der Waals surface area (Å²) in [7, 11) is 0. The zero-order chi connectivity index (χ0) is 11.5. The van der Waals surface area contributed by atoms with Crippen molar-refractivity contribution in [2.24, 2.45) is 0 Å². The van der Waals surface area contributed by atoms with Gasteiger partial charge in [0.15, 0.2) is 0 Å². The van der Waals surface area contributed by atoms with Crippen molar-refractivity contribution >= 4 is 11.9 Å². The molecule has 0 saturated heterocycles. The third-order valence-electron chi connectivity index (χ3n) is 2.05. The van der Waals surface area contributed by atoms with E-state index in [4.69, 9.17) is 4.52 Å². The molecule has 0 aliphatic heterocycles. The lowest BCUT2D eigenvalue weighted by Crippen LogP contribution is -2.15. The van der Waals surface area contributed by atoms with Crippen LogP contribution in [0, 0.1) is 13.8 Å². The van der Waals surface area contributed by atoms with Gasteiger partial charge < -0.3 is 4.52 Å². The van der Waals surface area contributed by atoms with Gasteiger partial charge >= 0.3 is 0 Å². The SMILES string of the molecule is Cc1noc(C)c1C(=O)Nc1ncccn1. The number of anilines is 1. The third kappa shape index (κ3) is 1.90. The van der Waals surface area contributed by atoms with Gasteiger partial charge in [0.05, 0.1) is 5.69 Å². The molecule has 2 aromatic heterocycles. The van der Waals surface area contributed by atoms with Crippen molar-refractivity contribution in [3.8, 4) is 0 Å². The Labute approximate surface area is 91.7 Å². The monoisotopic (exact) mass is 218 g/mol. The maximum atomic E-state index is 11.8. The quantitative estimate of drug-likeness (QED) is 0.822. The number of carbonyl (C=O) groups is 1. The molecule has 2 aromatic rings. The Morgan fingerprint density at radius 3 is 2.56 bits per heavy atom. The summed E-state index contributed by atoms with van der Waals surface area (Å²) in [4.78, 5) is 19.6. The smallest absolute Gasteiger partial charge is 0.263 e. The van der Waals surface area contributed by atoms with Gasteiger partial charge in [-0.25, -0.2) is 9.97 Å². The fourth-order valence-corrected chi connectivity index (χ4v) is 1.33. The molecule has 16 heavy (non-hydrogen) atoms. The van der Waals surface area contributed by atoms with E-state index in [-0.39, 0.29) is 11.9 Å². The number of carbonyl (C=O) groups excluding carboxylic acids is 1. The lowest BCUT2D eigenvalue weighted by atomic mass is 10.2. The van der Waals surface area contributed by atoms with Gasteiger partial charge in [-0.3, -0.25) is 10.1 Å². The maximum absolute atomic E-state index is 11.8. The molecule has 2 rings (SSSR count). The van der Waals surface area contributed by atoms with E-state index in [0.717, 1.165) is 0 Å². The highest BCUT2D eigenvalue weighted by Crippen LogP contribution is 2.13. The zero-order valence-electron chi connectivity index (χ0n) is 8.89. The van der Waals surface area contributed by atoms with E-state index in [9.17, 15) is 4.79 Å². The van der Waals surface area contributed by atoms with E-state index in [1.807, 2.05) is 0 Å². The highest BCUT2D eigenvalue weighted by atomic mass is 16.5. The van der Waals surface area contributed by atoms with Crippen LogP contribution in [0.2, 0.25) is 0 Å². The molecule has 6 heteroatoms. The molecule has 1 amide bonds. The van der Waals surface area contributed by atoms with Gasteiger partial charge in [-0.1, -0.05) is 5.16 Å². The lowest BCUT2D eigenvalue weighted by molar-refractivity contribution is 0.102. The summed E-state index contributed by atoms with van der Waals surface area (Å²) in [6.07, 6.45) is 3.10. The summed E-state index contributed by atoms with van der Waals surface area (Å²) in [5, 5.41) is 6.27. The molecule has 1 N–H and O–H groups in total. The number of nitrogens with zero attached hydrogens (tertiary/aromatic N) is 3. The molecule has 0 bridgehead atoms. The highest BCUT2D eigenvalue weighted by molar-refractivity contribution is 6.04. The van der Waals surface area contributed by atoms with E-state index in [0.29, 0.717) is 17.0 Å². The fourth-order valence-electron chi connectivity index (χ4n) is 1.33. The van der Waals surface area contributed by atoms with Crippen LogP contribution < -0.4 is 5.32 Å². The molecule has 82 valence electrons. The van der Waals surface area contributed by atoms with Gasteiger partial charge in [-0.05, 0) is 19.9 Å².